The van der Waals surface area contributed by atoms with Crippen LogP contribution in [-0.2, 0) is 0 Å². The van der Waals surface area contributed by atoms with E-state index in [0.29, 0.717) is 0 Å². The van der Waals surface area contributed by atoms with Crippen LogP contribution in [0.3, 0.4) is 0 Å². The molecule has 0 aromatic heterocycles. The number of nitrogens with zero attached hydrogens (tertiary/aromatic N) is 1. The molecule has 0 aliphatic heterocycles. The number of rotatable bonds is 0. The third-order valence-corrected chi connectivity index (χ3v) is 2.46. The zero-order chi connectivity index (χ0) is 6.97. The molecular weight excluding hydrogens is 126 g/mol. The predicted molar refractivity (Wildman–Crippen MR) is 39.3 cm³/mol. The lowest BCUT2D eigenvalue weighted by Gasteiger charge is -1.95. The van der Waals surface area contributed by atoms with Gasteiger partial charge in [-0.25, -0.2) is 0 Å². The summed E-state index contributed by atoms with van der Waals surface area (Å²) in [5.41, 5.74) is 3.86. The molecule has 2 nitrogen and oxygen atoms in total. The third kappa shape index (κ3) is 0.681. The molecule has 0 radical (unpaired) electrons. The Hall–Kier alpha value is -0.790. The van der Waals surface area contributed by atoms with Gasteiger partial charge in [-0.3, -0.25) is 0 Å². The second kappa shape index (κ2) is 2.11. The number of hydrogen-bond donors (Lipinski definition) is 1. The van der Waals surface area contributed by atoms with E-state index in [0.717, 1.165) is 25.0 Å². The zero-order valence-corrected chi connectivity index (χ0v) is 5.93. The Labute approximate surface area is 60.2 Å². The summed E-state index contributed by atoms with van der Waals surface area (Å²) in [6, 6.07) is 0. The van der Waals surface area contributed by atoms with Gasteiger partial charge in [-0.2, -0.15) is 0 Å². The largest absolute Gasteiger partial charge is 0.411 e. The van der Waals surface area contributed by atoms with Gasteiger partial charge in [0.25, 0.3) is 0 Å². The molecule has 2 rings (SSSR count). The first-order valence-corrected chi connectivity index (χ1v) is 3.84. The fourth-order valence-electron chi connectivity index (χ4n) is 1.96. The SMILES string of the molecule is O/N=C1/CCC2=C1CCC2. The first kappa shape index (κ1) is 5.96. The molecular formula is C8H11NO. The predicted octanol–water partition coefficient (Wildman–Crippen LogP) is 2.09. The number of hydrogen-bond acceptors (Lipinski definition) is 2. The lowest BCUT2D eigenvalue weighted by atomic mass is 10.1. The van der Waals surface area contributed by atoms with Crippen LogP contribution in [0, 0.1) is 0 Å². The van der Waals surface area contributed by atoms with Crippen LogP contribution in [-0.4, -0.2) is 10.9 Å². The Morgan fingerprint density at radius 2 is 2.00 bits per heavy atom. The van der Waals surface area contributed by atoms with Gasteiger partial charge in [-0.15, -0.1) is 0 Å². The van der Waals surface area contributed by atoms with E-state index in [1.807, 2.05) is 0 Å². The van der Waals surface area contributed by atoms with E-state index in [-0.39, 0.29) is 0 Å². The lowest BCUT2D eigenvalue weighted by molar-refractivity contribution is 0.318. The van der Waals surface area contributed by atoms with Crippen LogP contribution in [0.5, 0.6) is 0 Å². The quantitative estimate of drug-likeness (QED) is 0.402. The van der Waals surface area contributed by atoms with Gasteiger partial charge in [0, 0.05) is 0 Å². The second-order valence-electron chi connectivity index (χ2n) is 2.98. The molecule has 0 bridgehead atoms. The van der Waals surface area contributed by atoms with Crippen molar-refractivity contribution in [3.05, 3.63) is 11.1 Å². The van der Waals surface area contributed by atoms with Gasteiger partial charge in [0.05, 0.1) is 5.71 Å². The second-order valence-corrected chi connectivity index (χ2v) is 2.98. The Morgan fingerprint density at radius 3 is 2.80 bits per heavy atom. The molecule has 0 amide bonds. The van der Waals surface area contributed by atoms with E-state index < -0.39 is 0 Å². The molecule has 0 aromatic carbocycles. The molecule has 0 atom stereocenters. The molecule has 2 heteroatoms. The Balaban J connectivity index is 2.32. The Morgan fingerprint density at radius 1 is 1.10 bits per heavy atom. The maximum Gasteiger partial charge on any atom is 0.0830 e. The fraction of sp³-hybridized carbons (Fsp3) is 0.625. The van der Waals surface area contributed by atoms with Crippen molar-refractivity contribution in [1.82, 2.24) is 0 Å². The molecule has 1 N–H and O–H groups in total. The molecule has 2 aliphatic rings. The van der Waals surface area contributed by atoms with Crippen molar-refractivity contribution in [1.29, 1.82) is 0 Å². The molecule has 0 heterocycles. The molecule has 0 unspecified atom stereocenters. The highest BCUT2D eigenvalue weighted by Crippen LogP contribution is 2.36. The fourth-order valence-corrected chi connectivity index (χ4v) is 1.96. The van der Waals surface area contributed by atoms with E-state index in [9.17, 15) is 0 Å². The third-order valence-electron chi connectivity index (χ3n) is 2.46. The van der Waals surface area contributed by atoms with E-state index in [1.165, 1.54) is 18.4 Å². The van der Waals surface area contributed by atoms with E-state index in [4.69, 9.17) is 5.21 Å². The molecule has 2 aliphatic carbocycles. The van der Waals surface area contributed by atoms with Gasteiger partial charge < -0.3 is 5.21 Å². The van der Waals surface area contributed by atoms with Crippen molar-refractivity contribution in [3.63, 3.8) is 0 Å². The van der Waals surface area contributed by atoms with Crippen LogP contribution in [0.25, 0.3) is 0 Å². The van der Waals surface area contributed by atoms with Gasteiger partial charge in [-0.05, 0) is 37.7 Å². The minimum absolute atomic E-state index is 0.951. The molecule has 10 heavy (non-hydrogen) atoms. The van der Waals surface area contributed by atoms with Crippen LogP contribution in [0.1, 0.15) is 32.1 Å². The summed E-state index contributed by atoms with van der Waals surface area (Å²) in [7, 11) is 0. The molecule has 0 aromatic rings. The highest BCUT2D eigenvalue weighted by molar-refractivity contribution is 6.03. The number of allylic oxidation sites excluding steroid dienone is 2. The normalized spacial score (nSPS) is 28.2. The van der Waals surface area contributed by atoms with Gasteiger partial charge in [0.1, 0.15) is 0 Å². The minimum Gasteiger partial charge on any atom is -0.411 e. The summed E-state index contributed by atoms with van der Waals surface area (Å²) in [5.74, 6) is 0. The maximum absolute atomic E-state index is 8.57. The monoisotopic (exact) mass is 137 g/mol. The minimum atomic E-state index is 0.951. The smallest absolute Gasteiger partial charge is 0.0830 e. The Kier molecular flexibility index (Phi) is 1.26. The van der Waals surface area contributed by atoms with Gasteiger partial charge in [-0.1, -0.05) is 10.7 Å². The first-order valence-electron chi connectivity index (χ1n) is 3.84. The first-order chi connectivity index (χ1) is 4.92. The highest BCUT2D eigenvalue weighted by atomic mass is 16.4. The van der Waals surface area contributed by atoms with Crippen LogP contribution < -0.4 is 0 Å². The maximum atomic E-state index is 8.57. The van der Waals surface area contributed by atoms with Crippen molar-refractivity contribution in [2.24, 2.45) is 5.16 Å². The summed E-state index contributed by atoms with van der Waals surface area (Å²) < 4.78 is 0. The van der Waals surface area contributed by atoms with Crippen molar-refractivity contribution in [2.45, 2.75) is 32.1 Å². The average molecular weight is 137 g/mol. The van der Waals surface area contributed by atoms with Crippen LogP contribution >= 0.6 is 0 Å². The zero-order valence-electron chi connectivity index (χ0n) is 5.93. The van der Waals surface area contributed by atoms with Crippen LogP contribution in [0.4, 0.5) is 0 Å². The van der Waals surface area contributed by atoms with Crippen molar-refractivity contribution >= 4 is 5.71 Å². The molecule has 0 spiro atoms. The van der Waals surface area contributed by atoms with Gasteiger partial charge in [0.2, 0.25) is 0 Å². The summed E-state index contributed by atoms with van der Waals surface area (Å²) in [4.78, 5) is 0. The molecule has 0 fully saturated rings. The van der Waals surface area contributed by atoms with E-state index in [1.54, 1.807) is 5.57 Å². The highest BCUT2D eigenvalue weighted by Gasteiger charge is 2.24. The van der Waals surface area contributed by atoms with Crippen LogP contribution in [0.2, 0.25) is 0 Å². The standard InChI is InChI=1S/C8H11NO/c10-9-8-5-4-6-2-1-3-7(6)8/h10H,1-5H2/b9-8-. The summed E-state index contributed by atoms with van der Waals surface area (Å²) in [6.07, 6.45) is 5.78. The summed E-state index contributed by atoms with van der Waals surface area (Å²) >= 11 is 0. The number of oxime groups is 1. The Bertz CT molecular complexity index is 215. The topological polar surface area (TPSA) is 32.6 Å². The van der Waals surface area contributed by atoms with Gasteiger partial charge >= 0.3 is 0 Å². The van der Waals surface area contributed by atoms with Crippen molar-refractivity contribution in [2.75, 3.05) is 0 Å². The van der Waals surface area contributed by atoms with Crippen molar-refractivity contribution < 1.29 is 5.21 Å². The van der Waals surface area contributed by atoms with Crippen LogP contribution in [0.15, 0.2) is 16.3 Å². The summed E-state index contributed by atoms with van der Waals surface area (Å²) in [5, 5.41) is 11.9. The summed E-state index contributed by atoms with van der Waals surface area (Å²) in [6.45, 7) is 0. The average Bonchev–Trinajstić information content (AvgIpc) is 2.44. The van der Waals surface area contributed by atoms with E-state index in [2.05, 4.69) is 5.16 Å². The molecule has 0 saturated heterocycles. The van der Waals surface area contributed by atoms with Crippen molar-refractivity contribution in [3.8, 4) is 0 Å². The van der Waals surface area contributed by atoms with Gasteiger partial charge in [0.15, 0.2) is 0 Å². The lowest BCUT2D eigenvalue weighted by Crippen LogP contribution is -1.94. The molecule has 0 saturated carbocycles. The molecule has 54 valence electrons. The van der Waals surface area contributed by atoms with E-state index >= 15 is 0 Å².